The number of hydrogen-bond donors (Lipinski definition) is 2. The predicted molar refractivity (Wildman–Crippen MR) is 79.1 cm³/mol. The van der Waals surface area contributed by atoms with Crippen LogP contribution in [0.5, 0.6) is 0 Å². The van der Waals surface area contributed by atoms with E-state index in [4.69, 9.17) is 5.11 Å². The number of nitrogens with zero attached hydrogens (tertiary/aromatic N) is 1. The molecule has 110 valence electrons. The van der Waals surface area contributed by atoms with Gasteiger partial charge in [-0.25, -0.2) is 0 Å². The van der Waals surface area contributed by atoms with E-state index < -0.39 is 5.97 Å². The number of carboxylic acids is 1. The normalized spacial score (nSPS) is 14.3. The first kappa shape index (κ1) is 13.7. The summed E-state index contributed by atoms with van der Waals surface area (Å²) in [6.45, 7) is 1.81. The third-order valence-corrected chi connectivity index (χ3v) is 3.95. The van der Waals surface area contributed by atoms with Crippen molar-refractivity contribution in [3.63, 3.8) is 0 Å². The van der Waals surface area contributed by atoms with Crippen LogP contribution in [0.15, 0.2) is 24.4 Å². The summed E-state index contributed by atoms with van der Waals surface area (Å²) in [6, 6.07) is 6.08. The number of carbonyl (C=O) groups is 2. The lowest BCUT2D eigenvalue weighted by Gasteiger charge is -2.20. The Morgan fingerprint density at radius 3 is 2.81 bits per heavy atom. The highest BCUT2D eigenvalue weighted by Crippen LogP contribution is 2.28. The fourth-order valence-electron chi connectivity index (χ4n) is 2.81. The van der Waals surface area contributed by atoms with Crippen molar-refractivity contribution in [3.05, 3.63) is 35.5 Å². The molecule has 5 nitrogen and oxygen atoms in total. The van der Waals surface area contributed by atoms with Gasteiger partial charge in [-0.1, -0.05) is 12.1 Å². The minimum atomic E-state index is -0.953. The van der Waals surface area contributed by atoms with E-state index in [9.17, 15) is 9.59 Å². The average Bonchev–Trinajstić information content (AvgIpc) is 3.18. The Morgan fingerprint density at radius 1 is 1.38 bits per heavy atom. The van der Waals surface area contributed by atoms with Crippen LogP contribution in [0.4, 0.5) is 0 Å². The van der Waals surface area contributed by atoms with Crippen LogP contribution in [0, 0.1) is 6.92 Å². The number of amides is 1. The molecule has 0 saturated heterocycles. The summed E-state index contributed by atoms with van der Waals surface area (Å²) in [5, 5.41) is 10.0. The number of benzene rings is 1. The van der Waals surface area contributed by atoms with Crippen LogP contribution in [0.1, 0.15) is 24.0 Å². The molecule has 0 atom stereocenters. The number of fused-ring (bicyclic) bond motifs is 1. The van der Waals surface area contributed by atoms with E-state index in [1.807, 2.05) is 31.3 Å². The van der Waals surface area contributed by atoms with Gasteiger partial charge in [0.05, 0.1) is 6.42 Å². The van der Waals surface area contributed by atoms with E-state index in [0.29, 0.717) is 0 Å². The van der Waals surface area contributed by atoms with Crippen molar-refractivity contribution >= 4 is 22.8 Å². The zero-order chi connectivity index (χ0) is 15.0. The fraction of sp³-hybridized carbons (Fsp3) is 0.375. The summed E-state index contributed by atoms with van der Waals surface area (Å²) < 4.78 is 0. The second kappa shape index (κ2) is 5.24. The van der Waals surface area contributed by atoms with Gasteiger partial charge in [-0.3, -0.25) is 9.59 Å². The quantitative estimate of drug-likeness (QED) is 0.884. The standard InChI is InChI=1S/C16H18N2O3/c1-10-3-2-4-13-16(10)11(8-17-13)7-14(19)18(9-15(20)21)12-5-6-12/h2-4,8,12,17H,5-7,9H2,1H3,(H,20,21). The van der Waals surface area contributed by atoms with Gasteiger partial charge in [0.2, 0.25) is 5.91 Å². The second-order valence-corrected chi connectivity index (χ2v) is 5.63. The highest BCUT2D eigenvalue weighted by atomic mass is 16.4. The maximum absolute atomic E-state index is 12.4. The largest absolute Gasteiger partial charge is 0.480 e. The minimum absolute atomic E-state index is 0.107. The maximum atomic E-state index is 12.4. The number of carbonyl (C=O) groups excluding carboxylic acids is 1. The van der Waals surface area contributed by atoms with Crippen LogP contribution in [-0.2, 0) is 16.0 Å². The van der Waals surface area contributed by atoms with Crippen LogP contribution in [0.3, 0.4) is 0 Å². The molecule has 1 saturated carbocycles. The number of nitrogens with one attached hydrogen (secondary N) is 1. The first-order chi connectivity index (χ1) is 10.1. The van der Waals surface area contributed by atoms with Crippen molar-refractivity contribution < 1.29 is 14.7 Å². The van der Waals surface area contributed by atoms with E-state index in [-0.39, 0.29) is 24.9 Å². The third-order valence-electron chi connectivity index (χ3n) is 3.95. The Labute approximate surface area is 122 Å². The molecule has 5 heteroatoms. The van der Waals surface area contributed by atoms with E-state index in [1.54, 1.807) is 0 Å². The van der Waals surface area contributed by atoms with Gasteiger partial charge in [0.1, 0.15) is 6.54 Å². The molecule has 2 N–H and O–H groups in total. The van der Waals surface area contributed by atoms with Crippen molar-refractivity contribution in [1.29, 1.82) is 0 Å². The predicted octanol–water partition coefficient (Wildman–Crippen LogP) is 2.09. The van der Waals surface area contributed by atoms with Crippen molar-refractivity contribution in [3.8, 4) is 0 Å². The maximum Gasteiger partial charge on any atom is 0.323 e. The van der Waals surface area contributed by atoms with Gasteiger partial charge in [-0.2, -0.15) is 0 Å². The highest BCUT2D eigenvalue weighted by molar-refractivity contribution is 5.92. The Balaban J connectivity index is 1.83. The van der Waals surface area contributed by atoms with Crippen LogP contribution >= 0.6 is 0 Å². The Bertz CT molecular complexity index is 701. The van der Waals surface area contributed by atoms with Crippen molar-refractivity contribution in [2.45, 2.75) is 32.2 Å². The van der Waals surface area contributed by atoms with Crippen LogP contribution in [0.25, 0.3) is 10.9 Å². The van der Waals surface area contributed by atoms with Crippen molar-refractivity contribution in [2.24, 2.45) is 0 Å². The molecular formula is C16H18N2O3. The van der Waals surface area contributed by atoms with Crippen LogP contribution in [0.2, 0.25) is 0 Å². The Kier molecular flexibility index (Phi) is 3.41. The molecular weight excluding hydrogens is 268 g/mol. The molecule has 0 aliphatic heterocycles. The van der Waals surface area contributed by atoms with Crippen molar-refractivity contribution in [1.82, 2.24) is 9.88 Å². The van der Waals surface area contributed by atoms with Gasteiger partial charge < -0.3 is 15.0 Å². The molecule has 0 bridgehead atoms. The van der Waals surface area contributed by atoms with Crippen LogP contribution in [-0.4, -0.2) is 39.5 Å². The monoisotopic (exact) mass is 286 g/mol. The van der Waals surface area contributed by atoms with Gasteiger partial charge >= 0.3 is 5.97 Å². The molecule has 1 aromatic carbocycles. The first-order valence-corrected chi connectivity index (χ1v) is 7.13. The zero-order valence-electron chi connectivity index (χ0n) is 11.9. The fourth-order valence-corrected chi connectivity index (χ4v) is 2.81. The number of rotatable bonds is 5. The summed E-state index contributed by atoms with van der Waals surface area (Å²) in [4.78, 5) is 28.0. The molecule has 1 aliphatic carbocycles. The summed E-state index contributed by atoms with van der Waals surface area (Å²) in [5.41, 5.74) is 3.06. The van der Waals surface area contributed by atoms with E-state index >= 15 is 0 Å². The highest BCUT2D eigenvalue weighted by Gasteiger charge is 2.33. The average molecular weight is 286 g/mol. The Hall–Kier alpha value is -2.30. The number of aromatic amines is 1. The second-order valence-electron chi connectivity index (χ2n) is 5.63. The van der Waals surface area contributed by atoms with Crippen molar-refractivity contribution in [2.75, 3.05) is 6.54 Å². The molecule has 1 heterocycles. The molecule has 1 aromatic heterocycles. The Morgan fingerprint density at radius 2 is 2.14 bits per heavy atom. The van der Waals surface area contributed by atoms with E-state index in [1.165, 1.54) is 4.90 Å². The summed E-state index contributed by atoms with van der Waals surface area (Å²) in [6.07, 6.45) is 3.91. The minimum Gasteiger partial charge on any atom is -0.480 e. The van der Waals surface area contributed by atoms with E-state index in [2.05, 4.69) is 4.98 Å². The molecule has 0 radical (unpaired) electrons. The summed E-state index contributed by atoms with van der Waals surface area (Å²) >= 11 is 0. The first-order valence-electron chi connectivity index (χ1n) is 7.13. The van der Waals surface area contributed by atoms with Gasteiger partial charge in [0.25, 0.3) is 0 Å². The van der Waals surface area contributed by atoms with Gasteiger partial charge in [0.15, 0.2) is 0 Å². The molecule has 1 fully saturated rings. The number of carboxylic acid groups (broad SMARTS) is 1. The molecule has 2 aromatic rings. The number of hydrogen-bond acceptors (Lipinski definition) is 2. The molecule has 3 rings (SSSR count). The molecule has 0 unspecified atom stereocenters. The number of H-pyrrole nitrogens is 1. The summed E-state index contributed by atoms with van der Waals surface area (Å²) in [7, 11) is 0. The third kappa shape index (κ3) is 2.77. The summed E-state index contributed by atoms with van der Waals surface area (Å²) in [5.74, 6) is -1.06. The van der Waals surface area contributed by atoms with Gasteiger partial charge in [-0.15, -0.1) is 0 Å². The zero-order valence-corrected chi connectivity index (χ0v) is 11.9. The van der Waals surface area contributed by atoms with Crippen LogP contribution < -0.4 is 0 Å². The molecule has 1 aliphatic rings. The molecule has 0 spiro atoms. The molecule has 21 heavy (non-hydrogen) atoms. The lowest BCUT2D eigenvalue weighted by Crippen LogP contribution is -2.38. The SMILES string of the molecule is Cc1cccc2[nH]cc(CC(=O)N(CC(=O)O)C3CC3)c12. The molecule has 1 amide bonds. The lowest BCUT2D eigenvalue weighted by molar-refractivity contribution is -0.144. The number of aromatic nitrogens is 1. The number of aryl methyl sites for hydroxylation is 1. The van der Waals surface area contributed by atoms with Gasteiger partial charge in [0, 0.05) is 23.1 Å². The smallest absolute Gasteiger partial charge is 0.323 e. The van der Waals surface area contributed by atoms with E-state index in [0.717, 1.165) is 34.9 Å². The lowest BCUT2D eigenvalue weighted by atomic mass is 10.0. The van der Waals surface area contributed by atoms with Gasteiger partial charge in [-0.05, 0) is 37.0 Å². The topological polar surface area (TPSA) is 73.4 Å². The number of aliphatic carboxylic acids is 1.